The normalized spacial score (nSPS) is 11.2. The first kappa shape index (κ1) is 9.43. The summed E-state index contributed by atoms with van der Waals surface area (Å²) in [7, 11) is 0. The number of rotatable bonds is 2. The molecule has 2 aromatic rings. The van der Waals surface area contributed by atoms with Crippen LogP contribution in [0.4, 0.5) is 0 Å². The monoisotopic (exact) mass is 318 g/mol. The second-order valence-corrected chi connectivity index (χ2v) is 5.57. The van der Waals surface area contributed by atoms with Gasteiger partial charge in [-0.2, -0.15) is 0 Å². The van der Waals surface area contributed by atoms with Crippen molar-refractivity contribution in [2.75, 3.05) is 0 Å². The fraction of sp³-hybridized carbons (Fsp3) is 0. The van der Waals surface area contributed by atoms with Crippen LogP contribution in [0.1, 0.15) is 9.75 Å². The highest BCUT2D eigenvalue weighted by Crippen LogP contribution is 2.22. The van der Waals surface area contributed by atoms with Gasteiger partial charge in [-0.05, 0) is 57.6 Å². The lowest BCUT2D eigenvalue weighted by atomic mass is 10.4. The minimum absolute atomic E-state index is 1.31. The maximum atomic E-state index is 2.36. The largest absolute Gasteiger partial charge is 0.144 e. The fourth-order valence-electron chi connectivity index (χ4n) is 0.968. The van der Waals surface area contributed by atoms with Crippen molar-refractivity contribution in [1.82, 2.24) is 0 Å². The second-order valence-electron chi connectivity index (χ2n) is 2.48. The van der Waals surface area contributed by atoms with Crippen LogP contribution in [0.2, 0.25) is 0 Å². The summed E-state index contributed by atoms with van der Waals surface area (Å²) < 4.78 is 1.33. The van der Waals surface area contributed by atoms with Gasteiger partial charge in [0.1, 0.15) is 0 Å². The van der Waals surface area contributed by atoms with E-state index in [1.807, 2.05) is 0 Å². The predicted molar refractivity (Wildman–Crippen MR) is 70.3 cm³/mol. The van der Waals surface area contributed by atoms with E-state index in [0.717, 1.165) is 0 Å². The molecule has 2 heterocycles. The number of hydrogen-bond donors (Lipinski definition) is 0. The molecule has 0 amide bonds. The van der Waals surface area contributed by atoms with Gasteiger partial charge in [-0.15, -0.1) is 22.7 Å². The molecule has 0 spiro atoms. The molecule has 0 aliphatic heterocycles. The maximum absolute atomic E-state index is 2.36. The van der Waals surface area contributed by atoms with Crippen LogP contribution in [0.3, 0.4) is 0 Å². The Kier molecular flexibility index (Phi) is 3.18. The van der Waals surface area contributed by atoms with Gasteiger partial charge in [0, 0.05) is 13.3 Å². The van der Waals surface area contributed by atoms with Gasteiger partial charge in [-0.3, -0.25) is 0 Å². The first-order valence-electron chi connectivity index (χ1n) is 3.81. The van der Waals surface area contributed by atoms with Gasteiger partial charge in [0.25, 0.3) is 0 Å². The third-order valence-electron chi connectivity index (χ3n) is 1.59. The van der Waals surface area contributed by atoms with Gasteiger partial charge in [-0.1, -0.05) is 6.07 Å². The quantitative estimate of drug-likeness (QED) is 0.711. The zero-order valence-corrected chi connectivity index (χ0v) is 10.5. The van der Waals surface area contributed by atoms with Crippen LogP contribution in [0, 0.1) is 3.57 Å². The fourth-order valence-corrected chi connectivity index (χ4v) is 3.25. The van der Waals surface area contributed by atoms with Gasteiger partial charge >= 0.3 is 0 Å². The van der Waals surface area contributed by atoms with Crippen molar-refractivity contribution >= 4 is 57.4 Å². The van der Waals surface area contributed by atoms with Gasteiger partial charge in [0.15, 0.2) is 0 Å². The smallest absolute Gasteiger partial charge is 0.0404 e. The van der Waals surface area contributed by atoms with E-state index >= 15 is 0 Å². The second kappa shape index (κ2) is 4.39. The van der Waals surface area contributed by atoms with Crippen molar-refractivity contribution in [2.24, 2.45) is 0 Å². The molecule has 0 aromatic carbocycles. The molecule has 0 saturated heterocycles. The average Bonchev–Trinajstić information content (AvgIpc) is 2.72. The summed E-state index contributed by atoms with van der Waals surface area (Å²) in [6.07, 6.45) is 4.34. The molecule has 0 bridgehead atoms. The number of thiophene rings is 2. The molecular weight excluding hydrogens is 311 g/mol. The molecule has 0 aliphatic carbocycles. The van der Waals surface area contributed by atoms with Crippen molar-refractivity contribution in [3.63, 3.8) is 0 Å². The highest BCUT2D eigenvalue weighted by Gasteiger charge is 1.95. The molecule has 3 heteroatoms. The van der Waals surface area contributed by atoms with Crippen LogP contribution in [0.15, 0.2) is 29.0 Å². The van der Waals surface area contributed by atoms with E-state index in [0.29, 0.717) is 0 Å². The van der Waals surface area contributed by atoms with Crippen molar-refractivity contribution in [1.29, 1.82) is 0 Å². The van der Waals surface area contributed by atoms with Crippen molar-refractivity contribution in [3.05, 3.63) is 42.3 Å². The van der Waals surface area contributed by atoms with Gasteiger partial charge in [-0.25, -0.2) is 0 Å². The Morgan fingerprint density at radius 2 is 2.00 bits per heavy atom. The SMILES string of the molecule is Ic1ccsc1/C=C/c1cccs1. The molecule has 0 N–H and O–H groups in total. The third-order valence-corrected chi connectivity index (χ3v) is 4.61. The summed E-state index contributed by atoms with van der Waals surface area (Å²) in [5.74, 6) is 0. The van der Waals surface area contributed by atoms with E-state index < -0.39 is 0 Å². The lowest BCUT2D eigenvalue weighted by Crippen LogP contribution is -1.64. The molecule has 66 valence electrons. The third kappa shape index (κ3) is 2.42. The van der Waals surface area contributed by atoms with Crippen LogP contribution < -0.4 is 0 Å². The molecule has 0 aliphatic rings. The van der Waals surface area contributed by atoms with Crippen molar-refractivity contribution in [2.45, 2.75) is 0 Å². The van der Waals surface area contributed by atoms with Crippen molar-refractivity contribution < 1.29 is 0 Å². The molecule has 0 radical (unpaired) electrons. The zero-order chi connectivity index (χ0) is 9.10. The van der Waals surface area contributed by atoms with Crippen LogP contribution in [0.25, 0.3) is 12.2 Å². The highest BCUT2D eigenvalue weighted by atomic mass is 127. The Balaban J connectivity index is 2.19. The molecule has 0 atom stereocenters. The van der Waals surface area contributed by atoms with Crippen LogP contribution in [-0.2, 0) is 0 Å². The van der Waals surface area contributed by atoms with E-state index in [9.17, 15) is 0 Å². The van der Waals surface area contributed by atoms with E-state index in [2.05, 4.69) is 63.7 Å². The number of hydrogen-bond acceptors (Lipinski definition) is 2. The summed E-state index contributed by atoms with van der Waals surface area (Å²) in [5.41, 5.74) is 0. The summed E-state index contributed by atoms with van der Waals surface area (Å²) in [4.78, 5) is 2.65. The summed E-state index contributed by atoms with van der Waals surface area (Å²) >= 11 is 5.91. The van der Waals surface area contributed by atoms with E-state index in [1.54, 1.807) is 22.7 Å². The molecule has 13 heavy (non-hydrogen) atoms. The Bertz CT molecular complexity index is 398. The van der Waals surface area contributed by atoms with Crippen LogP contribution in [0.5, 0.6) is 0 Å². The zero-order valence-electron chi connectivity index (χ0n) is 6.74. The van der Waals surface area contributed by atoms with E-state index in [1.165, 1.54) is 13.3 Å². The Labute approximate surface area is 99.1 Å². The summed E-state index contributed by atoms with van der Waals surface area (Å²) in [5, 5.41) is 4.22. The average molecular weight is 318 g/mol. The molecule has 0 nitrogen and oxygen atoms in total. The highest BCUT2D eigenvalue weighted by molar-refractivity contribution is 14.1. The van der Waals surface area contributed by atoms with E-state index in [-0.39, 0.29) is 0 Å². The minimum Gasteiger partial charge on any atom is -0.144 e. The van der Waals surface area contributed by atoms with Gasteiger partial charge in [0.2, 0.25) is 0 Å². The molecular formula is C10H7IS2. The molecule has 0 fully saturated rings. The lowest BCUT2D eigenvalue weighted by molar-refractivity contribution is 1.83. The topological polar surface area (TPSA) is 0 Å². The first-order valence-corrected chi connectivity index (χ1v) is 6.64. The standard InChI is InChI=1S/C10H7IS2/c11-9-5-7-13-10(9)4-3-8-2-1-6-12-8/h1-7H/b4-3+. The first-order chi connectivity index (χ1) is 6.36. The van der Waals surface area contributed by atoms with Crippen molar-refractivity contribution in [3.8, 4) is 0 Å². The summed E-state index contributed by atoms with van der Waals surface area (Å²) in [6, 6.07) is 6.34. The maximum Gasteiger partial charge on any atom is 0.0404 e. The molecule has 2 aromatic heterocycles. The Morgan fingerprint density at radius 1 is 1.08 bits per heavy atom. The summed E-state index contributed by atoms with van der Waals surface area (Å²) in [6.45, 7) is 0. The minimum atomic E-state index is 1.31. The molecule has 2 rings (SSSR count). The Morgan fingerprint density at radius 3 is 2.62 bits per heavy atom. The molecule has 0 unspecified atom stereocenters. The van der Waals surface area contributed by atoms with Gasteiger partial charge in [0.05, 0.1) is 0 Å². The predicted octanol–water partition coefficient (Wildman–Crippen LogP) is 4.58. The molecule has 0 saturated carbocycles. The van der Waals surface area contributed by atoms with Crippen LogP contribution in [-0.4, -0.2) is 0 Å². The van der Waals surface area contributed by atoms with Gasteiger partial charge < -0.3 is 0 Å². The van der Waals surface area contributed by atoms with E-state index in [4.69, 9.17) is 0 Å². The number of halogens is 1. The lowest BCUT2D eigenvalue weighted by Gasteiger charge is -1.86. The van der Waals surface area contributed by atoms with Crippen LogP contribution >= 0.6 is 45.3 Å². The Hall–Kier alpha value is -0.130.